The molecule has 156 valence electrons. The lowest BCUT2D eigenvalue weighted by Gasteiger charge is -2.43. The molecule has 3 aliphatic rings. The van der Waals surface area contributed by atoms with Gasteiger partial charge in [-0.15, -0.1) is 0 Å². The van der Waals surface area contributed by atoms with Crippen LogP contribution >= 0.6 is 0 Å². The Hall–Kier alpha value is -3.20. The van der Waals surface area contributed by atoms with Crippen LogP contribution in [0.1, 0.15) is 30.1 Å². The molecule has 3 heterocycles. The maximum atomic E-state index is 12.6. The Kier molecular flexibility index (Phi) is 4.54. The molecule has 2 N–H and O–H groups in total. The first kappa shape index (κ1) is 18.8. The summed E-state index contributed by atoms with van der Waals surface area (Å²) in [6, 6.07) is 6.03. The molecule has 1 amide bonds. The Morgan fingerprint density at radius 3 is 2.90 bits per heavy atom. The molecule has 0 spiro atoms. The molecule has 2 aromatic rings. The number of hydrogen-bond donors (Lipinski definition) is 2. The molecular weight excluding hydrogens is 384 g/mol. The number of piperazine rings is 1. The molecule has 1 atom stereocenters. The van der Waals surface area contributed by atoms with Crippen molar-refractivity contribution in [3.63, 3.8) is 0 Å². The number of carbonyl (C=O) groups excluding carboxylic acids is 2. The van der Waals surface area contributed by atoms with Gasteiger partial charge in [0.2, 0.25) is 11.9 Å². The number of ether oxygens (including phenoxy) is 1. The lowest BCUT2D eigenvalue weighted by Crippen LogP contribution is -2.59. The van der Waals surface area contributed by atoms with E-state index in [9.17, 15) is 9.59 Å². The number of benzene rings is 1. The van der Waals surface area contributed by atoms with Gasteiger partial charge in [0.05, 0.1) is 23.8 Å². The second-order valence-electron chi connectivity index (χ2n) is 8.16. The summed E-state index contributed by atoms with van der Waals surface area (Å²) in [4.78, 5) is 37.1. The minimum atomic E-state index is -0.0710. The fourth-order valence-electron chi connectivity index (χ4n) is 3.93. The molecule has 0 bridgehead atoms. The molecule has 1 aromatic heterocycles. The second kappa shape index (κ2) is 7.24. The molecule has 1 aromatic carbocycles. The smallest absolute Gasteiger partial charge is 0.241 e. The number of aromatic nitrogens is 2. The largest absolute Gasteiger partial charge is 0.489 e. The Labute approximate surface area is 174 Å². The molecule has 9 heteroatoms. The van der Waals surface area contributed by atoms with E-state index in [0.717, 1.165) is 30.8 Å². The maximum absolute atomic E-state index is 12.6. The van der Waals surface area contributed by atoms with Crippen molar-refractivity contribution in [1.29, 1.82) is 0 Å². The van der Waals surface area contributed by atoms with Crippen molar-refractivity contribution in [2.75, 3.05) is 42.3 Å². The highest BCUT2D eigenvalue weighted by molar-refractivity contribution is 5.99. The van der Waals surface area contributed by atoms with Crippen molar-refractivity contribution in [3.8, 4) is 5.75 Å². The van der Waals surface area contributed by atoms with Gasteiger partial charge in [-0.3, -0.25) is 14.5 Å². The highest BCUT2D eigenvalue weighted by Crippen LogP contribution is 2.38. The van der Waals surface area contributed by atoms with Crippen molar-refractivity contribution >= 4 is 34.8 Å². The van der Waals surface area contributed by atoms with E-state index < -0.39 is 0 Å². The van der Waals surface area contributed by atoms with Crippen molar-refractivity contribution in [2.45, 2.75) is 31.8 Å². The zero-order valence-electron chi connectivity index (χ0n) is 17.0. The Balaban J connectivity index is 1.39. The van der Waals surface area contributed by atoms with Crippen molar-refractivity contribution in [2.24, 2.45) is 0 Å². The number of carbonyl (C=O) groups is 2. The summed E-state index contributed by atoms with van der Waals surface area (Å²) in [5.41, 5.74) is 2.03. The fraction of sp³-hybridized carbons (Fsp3) is 0.429. The Morgan fingerprint density at radius 1 is 1.30 bits per heavy atom. The van der Waals surface area contributed by atoms with Crippen LogP contribution in [0.25, 0.3) is 0 Å². The zero-order chi connectivity index (χ0) is 20.8. The summed E-state index contributed by atoms with van der Waals surface area (Å²) in [5, 5.41) is 6.48. The molecule has 1 unspecified atom stereocenters. The molecule has 1 saturated carbocycles. The normalized spacial score (nSPS) is 20.8. The van der Waals surface area contributed by atoms with E-state index in [1.807, 2.05) is 35.0 Å². The topological polar surface area (TPSA) is 99.7 Å². The van der Waals surface area contributed by atoms with Crippen LogP contribution in [-0.4, -0.2) is 65.4 Å². The van der Waals surface area contributed by atoms with Gasteiger partial charge in [0, 0.05) is 30.5 Å². The molecule has 9 nitrogen and oxygen atoms in total. The van der Waals surface area contributed by atoms with Gasteiger partial charge >= 0.3 is 0 Å². The first-order valence-corrected chi connectivity index (χ1v) is 10.2. The Morgan fingerprint density at radius 2 is 2.13 bits per heavy atom. The molecule has 2 fully saturated rings. The summed E-state index contributed by atoms with van der Waals surface area (Å²) < 4.78 is 5.94. The number of likely N-dealkylation sites (N-methyl/N-ethyl adjacent to an activating group) is 1. The predicted octanol–water partition coefficient (Wildman–Crippen LogP) is 2.04. The summed E-state index contributed by atoms with van der Waals surface area (Å²) >= 11 is 0. The van der Waals surface area contributed by atoms with Crippen molar-refractivity contribution in [1.82, 2.24) is 14.9 Å². The number of ketones is 1. The predicted molar refractivity (Wildman–Crippen MR) is 113 cm³/mol. The van der Waals surface area contributed by atoms with Gasteiger partial charge in [0.15, 0.2) is 5.78 Å². The molecule has 0 radical (unpaired) electrons. The lowest BCUT2D eigenvalue weighted by atomic mass is 10.1. The summed E-state index contributed by atoms with van der Waals surface area (Å²) in [5.74, 6) is 1.62. The van der Waals surface area contributed by atoms with E-state index in [-0.39, 0.29) is 17.7 Å². The van der Waals surface area contributed by atoms with Gasteiger partial charge < -0.3 is 20.3 Å². The second-order valence-corrected chi connectivity index (χ2v) is 8.16. The summed E-state index contributed by atoms with van der Waals surface area (Å²) in [6.07, 6.45) is 3.71. The molecule has 2 aliphatic heterocycles. The van der Waals surface area contributed by atoms with E-state index in [0.29, 0.717) is 42.3 Å². The van der Waals surface area contributed by atoms with Crippen LogP contribution in [0.15, 0.2) is 24.4 Å². The van der Waals surface area contributed by atoms with Gasteiger partial charge in [-0.2, -0.15) is 4.98 Å². The maximum Gasteiger partial charge on any atom is 0.241 e. The average Bonchev–Trinajstić information content (AvgIpc) is 3.51. The van der Waals surface area contributed by atoms with Gasteiger partial charge in [0.1, 0.15) is 18.2 Å². The van der Waals surface area contributed by atoms with Crippen LogP contribution in [0, 0.1) is 0 Å². The van der Waals surface area contributed by atoms with Crippen LogP contribution in [0.5, 0.6) is 5.75 Å². The van der Waals surface area contributed by atoms with Crippen LogP contribution in [0.4, 0.5) is 23.1 Å². The minimum absolute atomic E-state index is 0.0288. The molecule has 5 rings (SSSR count). The lowest BCUT2D eigenvalue weighted by molar-refractivity contribution is -0.122. The highest BCUT2D eigenvalue weighted by atomic mass is 16.5. The standard InChI is InChI=1S/C21H24N6O3/c1-12(28)16-8-22-21(25-20(16)23-13-3-4-13)24-14-5-6-17-18(7-14)30-11-15-9-26(2)10-19(29)27(15)17/h5-8,13,15H,3-4,9-11H2,1-2H3,(H2,22,23,24,25). The third-order valence-corrected chi connectivity index (χ3v) is 5.55. The molecule has 1 aliphatic carbocycles. The first-order valence-electron chi connectivity index (χ1n) is 10.2. The average molecular weight is 408 g/mol. The monoisotopic (exact) mass is 408 g/mol. The zero-order valence-corrected chi connectivity index (χ0v) is 17.0. The number of nitrogens with zero attached hydrogens (tertiary/aromatic N) is 4. The quantitative estimate of drug-likeness (QED) is 0.725. The number of hydrogen-bond acceptors (Lipinski definition) is 8. The Bertz CT molecular complexity index is 1020. The first-order chi connectivity index (χ1) is 14.5. The van der Waals surface area contributed by atoms with Crippen molar-refractivity contribution < 1.29 is 14.3 Å². The minimum Gasteiger partial charge on any atom is -0.489 e. The fourth-order valence-corrected chi connectivity index (χ4v) is 3.93. The number of anilines is 4. The summed E-state index contributed by atoms with van der Waals surface area (Å²) in [6.45, 7) is 3.17. The van der Waals surface area contributed by atoms with Crippen LogP contribution < -0.4 is 20.3 Å². The molecular formula is C21H24N6O3. The van der Waals surface area contributed by atoms with E-state index in [4.69, 9.17) is 4.74 Å². The summed E-state index contributed by atoms with van der Waals surface area (Å²) in [7, 11) is 1.95. The number of amides is 1. The van der Waals surface area contributed by atoms with Crippen LogP contribution in [0.3, 0.4) is 0 Å². The number of nitrogens with one attached hydrogen (secondary N) is 2. The highest BCUT2D eigenvalue weighted by Gasteiger charge is 2.37. The SMILES string of the molecule is CC(=O)c1cnc(Nc2ccc3c(c2)OCC2CN(C)CC(=O)N32)nc1NC1CC1. The van der Waals surface area contributed by atoms with Crippen LogP contribution in [-0.2, 0) is 4.79 Å². The van der Waals surface area contributed by atoms with Gasteiger partial charge in [0.25, 0.3) is 0 Å². The number of fused-ring (bicyclic) bond motifs is 3. The van der Waals surface area contributed by atoms with Crippen LogP contribution in [0.2, 0.25) is 0 Å². The van der Waals surface area contributed by atoms with Gasteiger partial charge in [-0.1, -0.05) is 0 Å². The van der Waals surface area contributed by atoms with E-state index in [1.165, 1.54) is 6.92 Å². The van der Waals surface area contributed by atoms with E-state index in [1.54, 1.807) is 6.20 Å². The molecule has 1 saturated heterocycles. The number of rotatable bonds is 5. The third-order valence-electron chi connectivity index (χ3n) is 5.55. The van der Waals surface area contributed by atoms with E-state index >= 15 is 0 Å². The third kappa shape index (κ3) is 3.56. The van der Waals surface area contributed by atoms with Gasteiger partial charge in [-0.25, -0.2) is 4.98 Å². The number of Topliss-reactive ketones (excluding diaryl/α,β-unsaturated/α-hetero) is 1. The van der Waals surface area contributed by atoms with Gasteiger partial charge in [-0.05, 0) is 38.9 Å². The van der Waals surface area contributed by atoms with E-state index in [2.05, 4.69) is 20.6 Å². The molecule has 30 heavy (non-hydrogen) atoms. The van der Waals surface area contributed by atoms with Crippen molar-refractivity contribution in [3.05, 3.63) is 30.0 Å².